The van der Waals surface area contributed by atoms with Crippen LogP contribution in [0.4, 0.5) is 0 Å². The summed E-state index contributed by atoms with van der Waals surface area (Å²) in [6, 6.07) is 0. The molecule has 0 saturated carbocycles. The summed E-state index contributed by atoms with van der Waals surface area (Å²) in [5.74, 6) is -0.910. The van der Waals surface area contributed by atoms with E-state index >= 15 is 0 Å². The largest absolute Gasteiger partial charge is 0.478 e. The Morgan fingerprint density at radius 2 is 2.21 bits per heavy atom. The number of carboxylic acids is 1. The summed E-state index contributed by atoms with van der Waals surface area (Å²) in [7, 11) is 0. The van der Waals surface area contributed by atoms with Gasteiger partial charge in [0.15, 0.2) is 3.95 Å². The number of carboxylic acid groups (broad SMARTS) is 1. The molecule has 0 saturated heterocycles. The molecule has 0 unspecified atom stereocenters. The highest BCUT2D eigenvalue weighted by atomic mass is 32.1. The van der Waals surface area contributed by atoms with Gasteiger partial charge in [0.05, 0.1) is 11.3 Å². The number of carbonyl (C=O) groups is 1. The van der Waals surface area contributed by atoms with Gasteiger partial charge in [0, 0.05) is 21.7 Å². The molecular weight excluding hydrogens is 238 g/mol. The van der Waals surface area contributed by atoms with Crippen molar-refractivity contribution in [2.24, 2.45) is 0 Å². The number of aromatic carboxylic acids is 1. The molecule has 0 amide bonds. The molecule has 0 fully saturated rings. The molecule has 2 aromatic heterocycles. The maximum Gasteiger partial charge on any atom is 0.337 e. The number of thiophene rings is 1. The van der Waals surface area contributed by atoms with Crippen LogP contribution >= 0.6 is 34.9 Å². The van der Waals surface area contributed by atoms with Crippen molar-refractivity contribution < 1.29 is 9.90 Å². The summed E-state index contributed by atoms with van der Waals surface area (Å²) < 4.78 is 0.655. The highest BCUT2D eigenvalue weighted by Crippen LogP contribution is 2.27. The van der Waals surface area contributed by atoms with Gasteiger partial charge in [-0.3, -0.25) is 0 Å². The first-order chi connectivity index (χ1) is 6.68. The van der Waals surface area contributed by atoms with E-state index in [0.717, 1.165) is 5.69 Å². The third kappa shape index (κ3) is 1.63. The third-order valence-corrected chi connectivity index (χ3v) is 3.51. The van der Waals surface area contributed by atoms with Gasteiger partial charge in [0.2, 0.25) is 0 Å². The van der Waals surface area contributed by atoms with Crippen LogP contribution in [-0.2, 0) is 0 Å². The van der Waals surface area contributed by atoms with Crippen molar-refractivity contribution in [3.05, 3.63) is 25.7 Å². The summed E-state index contributed by atoms with van der Waals surface area (Å²) >= 11 is 7.70. The second-order valence-corrected chi connectivity index (χ2v) is 4.86. The van der Waals surface area contributed by atoms with Crippen LogP contribution in [0.25, 0.3) is 11.3 Å². The van der Waals surface area contributed by atoms with Crippen LogP contribution in [0, 0.1) is 3.95 Å². The quantitative estimate of drug-likeness (QED) is 0.796. The zero-order valence-electron chi connectivity index (χ0n) is 6.81. The van der Waals surface area contributed by atoms with Gasteiger partial charge in [-0.25, -0.2) is 4.79 Å². The van der Waals surface area contributed by atoms with E-state index in [1.165, 1.54) is 22.7 Å². The summed E-state index contributed by atoms with van der Waals surface area (Å²) in [5.41, 5.74) is 1.80. The van der Waals surface area contributed by atoms with E-state index in [1.807, 2.05) is 5.38 Å². The molecule has 2 N–H and O–H groups in total. The number of thiazole rings is 1. The lowest BCUT2D eigenvalue weighted by atomic mass is 10.1. The fraction of sp³-hybridized carbons (Fsp3) is 0. The standard InChI is InChI=1S/C8H5NO2S3/c10-7(11)5-2-13-1-4(5)6-3-14-8(12)9-6/h1-3H,(H,9,12)(H,10,11). The van der Waals surface area contributed by atoms with Crippen LogP contribution < -0.4 is 0 Å². The Balaban J connectivity index is 2.56. The molecule has 0 aliphatic rings. The topological polar surface area (TPSA) is 53.1 Å². The monoisotopic (exact) mass is 243 g/mol. The normalized spacial score (nSPS) is 10.3. The minimum Gasteiger partial charge on any atom is -0.478 e. The first-order valence-corrected chi connectivity index (χ1v) is 5.89. The molecule has 0 aromatic carbocycles. The highest BCUT2D eigenvalue weighted by Gasteiger charge is 2.13. The molecule has 0 atom stereocenters. The van der Waals surface area contributed by atoms with Crippen molar-refractivity contribution in [2.75, 3.05) is 0 Å². The van der Waals surface area contributed by atoms with E-state index < -0.39 is 5.97 Å². The molecular formula is C8H5NO2S3. The van der Waals surface area contributed by atoms with Crippen LogP contribution in [0.3, 0.4) is 0 Å². The van der Waals surface area contributed by atoms with Crippen molar-refractivity contribution in [3.8, 4) is 11.3 Å². The smallest absolute Gasteiger partial charge is 0.337 e. The van der Waals surface area contributed by atoms with Gasteiger partial charge >= 0.3 is 5.97 Å². The van der Waals surface area contributed by atoms with Gasteiger partial charge in [-0.15, -0.1) is 11.3 Å². The molecule has 0 bridgehead atoms. The SMILES string of the molecule is O=C(O)c1cscc1-c1csc(=S)[nH]1. The Kier molecular flexibility index (Phi) is 2.49. The van der Waals surface area contributed by atoms with Crippen molar-refractivity contribution >= 4 is 40.9 Å². The Labute approximate surface area is 92.7 Å². The number of hydrogen-bond donors (Lipinski definition) is 2. The zero-order valence-corrected chi connectivity index (χ0v) is 9.26. The van der Waals surface area contributed by atoms with Gasteiger partial charge in [-0.05, 0) is 12.2 Å². The summed E-state index contributed by atoms with van der Waals surface area (Å²) in [5, 5.41) is 14.1. The fourth-order valence-corrected chi connectivity index (χ4v) is 2.74. The van der Waals surface area contributed by atoms with E-state index in [0.29, 0.717) is 15.1 Å². The predicted octanol–water partition coefficient (Wildman–Crippen LogP) is 3.23. The number of aromatic nitrogens is 1. The summed E-state index contributed by atoms with van der Waals surface area (Å²) in [6.45, 7) is 0. The lowest BCUT2D eigenvalue weighted by Crippen LogP contribution is -1.95. The average molecular weight is 243 g/mol. The van der Waals surface area contributed by atoms with Crippen molar-refractivity contribution in [1.82, 2.24) is 4.98 Å². The van der Waals surface area contributed by atoms with Gasteiger partial charge in [0.25, 0.3) is 0 Å². The van der Waals surface area contributed by atoms with Crippen molar-refractivity contribution in [1.29, 1.82) is 0 Å². The van der Waals surface area contributed by atoms with Crippen LogP contribution in [0.1, 0.15) is 10.4 Å². The molecule has 72 valence electrons. The van der Waals surface area contributed by atoms with Crippen LogP contribution in [0.2, 0.25) is 0 Å². The second-order valence-electron chi connectivity index (χ2n) is 2.57. The van der Waals surface area contributed by atoms with E-state index in [2.05, 4.69) is 4.98 Å². The van der Waals surface area contributed by atoms with Crippen LogP contribution in [-0.4, -0.2) is 16.1 Å². The minimum atomic E-state index is -0.910. The minimum absolute atomic E-state index is 0.319. The van der Waals surface area contributed by atoms with E-state index in [-0.39, 0.29) is 0 Å². The van der Waals surface area contributed by atoms with Crippen molar-refractivity contribution in [2.45, 2.75) is 0 Å². The van der Waals surface area contributed by atoms with Gasteiger partial charge in [-0.1, -0.05) is 0 Å². The first-order valence-electron chi connectivity index (χ1n) is 3.66. The fourth-order valence-electron chi connectivity index (χ4n) is 1.08. The number of rotatable bonds is 2. The Hall–Kier alpha value is -0.980. The first kappa shape index (κ1) is 9.57. The molecule has 0 radical (unpaired) electrons. The highest BCUT2D eigenvalue weighted by molar-refractivity contribution is 7.73. The van der Waals surface area contributed by atoms with Gasteiger partial charge in [0.1, 0.15) is 0 Å². The van der Waals surface area contributed by atoms with Crippen LogP contribution in [0.5, 0.6) is 0 Å². The van der Waals surface area contributed by atoms with Crippen molar-refractivity contribution in [3.63, 3.8) is 0 Å². The van der Waals surface area contributed by atoms with Crippen LogP contribution in [0.15, 0.2) is 16.1 Å². The average Bonchev–Trinajstić information content (AvgIpc) is 2.70. The Morgan fingerprint density at radius 1 is 1.43 bits per heavy atom. The second kappa shape index (κ2) is 3.64. The number of H-pyrrole nitrogens is 1. The molecule has 2 heterocycles. The lowest BCUT2D eigenvalue weighted by Gasteiger charge is -1.94. The van der Waals surface area contributed by atoms with Gasteiger partial charge in [-0.2, -0.15) is 11.3 Å². The summed E-state index contributed by atoms with van der Waals surface area (Å²) in [6.07, 6.45) is 0. The zero-order chi connectivity index (χ0) is 10.1. The number of aromatic amines is 1. The molecule has 2 rings (SSSR count). The number of nitrogens with one attached hydrogen (secondary N) is 1. The maximum absolute atomic E-state index is 10.8. The summed E-state index contributed by atoms with van der Waals surface area (Å²) in [4.78, 5) is 13.8. The molecule has 0 aliphatic heterocycles. The van der Waals surface area contributed by atoms with E-state index in [1.54, 1.807) is 10.8 Å². The predicted molar refractivity (Wildman–Crippen MR) is 59.8 cm³/mol. The molecule has 14 heavy (non-hydrogen) atoms. The molecule has 3 nitrogen and oxygen atoms in total. The molecule has 0 aliphatic carbocycles. The van der Waals surface area contributed by atoms with Gasteiger partial charge < -0.3 is 10.1 Å². The number of hydrogen-bond acceptors (Lipinski definition) is 4. The van der Waals surface area contributed by atoms with E-state index in [4.69, 9.17) is 17.3 Å². The molecule has 2 aromatic rings. The Morgan fingerprint density at radius 3 is 2.79 bits per heavy atom. The molecule has 6 heteroatoms. The lowest BCUT2D eigenvalue weighted by molar-refractivity contribution is 0.0698. The third-order valence-electron chi connectivity index (χ3n) is 1.70. The molecule has 0 spiro atoms. The maximum atomic E-state index is 10.8. The Bertz CT molecular complexity index is 522. The van der Waals surface area contributed by atoms with E-state index in [9.17, 15) is 4.79 Å².